The van der Waals surface area contributed by atoms with Gasteiger partial charge in [-0.2, -0.15) is 0 Å². The molecule has 1 N–H and O–H groups in total. The van der Waals surface area contributed by atoms with Gasteiger partial charge in [-0.1, -0.05) is 35.6 Å². The maximum Gasteiger partial charge on any atom is 0.230 e. The Labute approximate surface area is 142 Å². The van der Waals surface area contributed by atoms with E-state index in [0.29, 0.717) is 15.9 Å². The van der Waals surface area contributed by atoms with Gasteiger partial charge in [0.25, 0.3) is 0 Å². The van der Waals surface area contributed by atoms with Crippen LogP contribution in [0.2, 0.25) is 0 Å². The van der Waals surface area contributed by atoms with E-state index in [1.807, 2.05) is 24.3 Å². The minimum absolute atomic E-state index is 0.143. The zero-order valence-electron chi connectivity index (χ0n) is 12.8. The number of amides is 1. The van der Waals surface area contributed by atoms with E-state index in [2.05, 4.69) is 15.5 Å². The van der Waals surface area contributed by atoms with Crippen LogP contribution in [0.4, 0.5) is 9.52 Å². The molecule has 1 heterocycles. The molecule has 0 fully saturated rings. The van der Waals surface area contributed by atoms with Crippen LogP contribution in [0.5, 0.6) is 5.75 Å². The monoisotopic (exact) mass is 343 g/mol. The highest BCUT2D eigenvalue weighted by atomic mass is 32.1. The Kier molecular flexibility index (Phi) is 4.81. The number of halogens is 1. The molecule has 0 saturated carbocycles. The Morgan fingerprint density at radius 1 is 1.17 bits per heavy atom. The van der Waals surface area contributed by atoms with Crippen LogP contribution in [0, 0.1) is 5.82 Å². The van der Waals surface area contributed by atoms with Crippen molar-refractivity contribution in [1.29, 1.82) is 0 Å². The molecule has 1 aromatic heterocycles. The molecule has 3 aromatic rings. The standard InChI is InChI=1S/C17H14FN3O2S/c1-23-14-5-3-2-4-13(14)16-20-21-17(24-16)19-15(22)10-11-6-8-12(18)9-7-11/h2-9H,10H2,1H3,(H,19,21,22). The predicted molar refractivity (Wildman–Crippen MR) is 90.6 cm³/mol. The molecule has 24 heavy (non-hydrogen) atoms. The molecular weight excluding hydrogens is 329 g/mol. The first-order valence-electron chi connectivity index (χ1n) is 7.17. The summed E-state index contributed by atoms with van der Waals surface area (Å²) < 4.78 is 18.2. The zero-order valence-corrected chi connectivity index (χ0v) is 13.6. The van der Waals surface area contributed by atoms with Crippen LogP contribution in [0.15, 0.2) is 48.5 Å². The summed E-state index contributed by atoms with van der Waals surface area (Å²) in [5.41, 5.74) is 1.54. The lowest BCUT2D eigenvalue weighted by molar-refractivity contribution is -0.115. The molecule has 0 bridgehead atoms. The molecule has 0 aliphatic rings. The van der Waals surface area contributed by atoms with Gasteiger partial charge in [0.2, 0.25) is 11.0 Å². The highest BCUT2D eigenvalue weighted by Gasteiger charge is 2.13. The van der Waals surface area contributed by atoms with Gasteiger partial charge in [0.05, 0.1) is 19.1 Å². The number of hydrogen-bond acceptors (Lipinski definition) is 5. The summed E-state index contributed by atoms with van der Waals surface area (Å²) in [5, 5.41) is 11.8. The second-order valence-electron chi connectivity index (χ2n) is 4.96. The van der Waals surface area contributed by atoms with Crippen molar-refractivity contribution in [2.45, 2.75) is 6.42 Å². The Morgan fingerprint density at radius 2 is 1.92 bits per heavy atom. The number of nitrogens with one attached hydrogen (secondary N) is 1. The van der Waals surface area contributed by atoms with Gasteiger partial charge >= 0.3 is 0 Å². The smallest absolute Gasteiger partial charge is 0.230 e. The lowest BCUT2D eigenvalue weighted by atomic mass is 10.1. The number of methoxy groups -OCH3 is 1. The molecular formula is C17H14FN3O2S. The summed E-state index contributed by atoms with van der Waals surface area (Å²) >= 11 is 1.26. The van der Waals surface area contributed by atoms with Crippen molar-refractivity contribution in [3.63, 3.8) is 0 Å². The average Bonchev–Trinajstić information content (AvgIpc) is 3.05. The Balaban J connectivity index is 1.69. The molecule has 0 spiro atoms. The van der Waals surface area contributed by atoms with Crippen molar-refractivity contribution in [2.24, 2.45) is 0 Å². The Hall–Kier alpha value is -2.80. The van der Waals surface area contributed by atoms with E-state index in [4.69, 9.17) is 4.74 Å². The normalized spacial score (nSPS) is 10.4. The molecule has 3 rings (SSSR count). The van der Waals surface area contributed by atoms with E-state index in [1.54, 1.807) is 19.2 Å². The first-order chi connectivity index (χ1) is 11.7. The fourth-order valence-corrected chi connectivity index (χ4v) is 2.94. The highest BCUT2D eigenvalue weighted by Crippen LogP contribution is 2.33. The summed E-state index contributed by atoms with van der Waals surface area (Å²) in [5.74, 6) is 0.131. The van der Waals surface area contributed by atoms with Crippen molar-refractivity contribution >= 4 is 22.4 Å². The largest absolute Gasteiger partial charge is 0.496 e. The number of carbonyl (C=O) groups is 1. The molecule has 0 saturated heterocycles. The molecule has 122 valence electrons. The third-order valence-electron chi connectivity index (χ3n) is 3.29. The van der Waals surface area contributed by atoms with Gasteiger partial charge in [-0.05, 0) is 29.8 Å². The van der Waals surface area contributed by atoms with Crippen molar-refractivity contribution in [2.75, 3.05) is 12.4 Å². The van der Waals surface area contributed by atoms with Crippen LogP contribution in [-0.4, -0.2) is 23.2 Å². The van der Waals surface area contributed by atoms with Crippen molar-refractivity contribution in [1.82, 2.24) is 10.2 Å². The molecule has 0 atom stereocenters. The molecule has 2 aromatic carbocycles. The zero-order chi connectivity index (χ0) is 16.9. The summed E-state index contributed by atoms with van der Waals surface area (Å²) in [4.78, 5) is 12.0. The number of nitrogens with zero attached hydrogens (tertiary/aromatic N) is 2. The van der Waals surface area contributed by atoms with Crippen LogP contribution in [0.25, 0.3) is 10.6 Å². The Morgan fingerprint density at radius 3 is 2.67 bits per heavy atom. The number of aromatic nitrogens is 2. The number of anilines is 1. The predicted octanol–water partition coefficient (Wildman–Crippen LogP) is 3.53. The van der Waals surface area contributed by atoms with E-state index in [0.717, 1.165) is 11.1 Å². The topological polar surface area (TPSA) is 64.1 Å². The number of hydrogen-bond donors (Lipinski definition) is 1. The lowest BCUT2D eigenvalue weighted by Crippen LogP contribution is -2.14. The fourth-order valence-electron chi connectivity index (χ4n) is 2.16. The van der Waals surface area contributed by atoms with Gasteiger partial charge in [-0.3, -0.25) is 4.79 Å². The summed E-state index contributed by atoms with van der Waals surface area (Å²) in [6.45, 7) is 0. The van der Waals surface area contributed by atoms with Gasteiger partial charge < -0.3 is 10.1 Å². The lowest BCUT2D eigenvalue weighted by Gasteiger charge is -2.04. The highest BCUT2D eigenvalue weighted by molar-refractivity contribution is 7.18. The van der Waals surface area contributed by atoms with Crippen molar-refractivity contribution in [3.8, 4) is 16.3 Å². The molecule has 5 nitrogen and oxygen atoms in total. The molecule has 0 aliphatic carbocycles. The van der Waals surface area contributed by atoms with Crippen LogP contribution in [0.1, 0.15) is 5.56 Å². The van der Waals surface area contributed by atoms with E-state index >= 15 is 0 Å². The van der Waals surface area contributed by atoms with Gasteiger partial charge in [0.15, 0.2) is 5.01 Å². The molecule has 0 aliphatic heterocycles. The number of carbonyl (C=O) groups excluding carboxylic acids is 1. The van der Waals surface area contributed by atoms with Crippen LogP contribution >= 0.6 is 11.3 Å². The Bertz CT molecular complexity index is 849. The van der Waals surface area contributed by atoms with E-state index in [9.17, 15) is 9.18 Å². The van der Waals surface area contributed by atoms with Crippen LogP contribution < -0.4 is 10.1 Å². The second-order valence-corrected chi connectivity index (χ2v) is 5.94. The molecule has 7 heteroatoms. The fraction of sp³-hybridized carbons (Fsp3) is 0.118. The minimum Gasteiger partial charge on any atom is -0.496 e. The number of benzene rings is 2. The van der Waals surface area contributed by atoms with E-state index in [-0.39, 0.29) is 18.1 Å². The maximum absolute atomic E-state index is 12.9. The second kappa shape index (κ2) is 7.18. The molecule has 0 radical (unpaired) electrons. The number of para-hydroxylation sites is 1. The van der Waals surface area contributed by atoms with Crippen LogP contribution in [0.3, 0.4) is 0 Å². The summed E-state index contributed by atoms with van der Waals surface area (Å²) in [6.07, 6.45) is 0.143. The van der Waals surface area contributed by atoms with Crippen molar-refractivity contribution in [3.05, 3.63) is 59.9 Å². The van der Waals surface area contributed by atoms with Gasteiger partial charge in [0, 0.05) is 0 Å². The molecule has 0 unspecified atom stereocenters. The summed E-state index contributed by atoms with van der Waals surface area (Å²) in [6, 6.07) is 13.3. The summed E-state index contributed by atoms with van der Waals surface area (Å²) in [7, 11) is 1.59. The minimum atomic E-state index is -0.329. The van der Waals surface area contributed by atoms with Crippen molar-refractivity contribution < 1.29 is 13.9 Å². The van der Waals surface area contributed by atoms with Gasteiger partial charge in [-0.15, -0.1) is 10.2 Å². The first kappa shape index (κ1) is 16.1. The number of rotatable bonds is 5. The maximum atomic E-state index is 12.9. The first-order valence-corrected chi connectivity index (χ1v) is 7.98. The third-order valence-corrected chi connectivity index (χ3v) is 4.16. The van der Waals surface area contributed by atoms with E-state index in [1.165, 1.54) is 23.5 Å². The van der Waals surface area contributed by atoms with Gasteiger partial charge in [-0.25, -0.2) is 4.39 Å². The quantitative estimate of drug-likeness (QED) is 0.770. The number of ether oxygens (including phenoxy) is 1. The van der Waals surface area contributed by atoms with Gasteiger partial charge in [0.1, 0.15) is 11.6 Å². The van der Waals surface area contributed by atoms with Crippen LogP contribution in [-0.2, 0) is 11.2 Å². The van der Waals surface area contributed by atoms with E-state index < -0.39 is 0 Å². The average molecular weight is 343 g/mol. The third kappa shape index (κ3) is 3.75. The molecule has 1 amide bonds. The SMILES string of the molecule is COc1ccccc1-c1nnc(NC(=O)Cc2ccc(F)cc2)s1.